The second kappa shape index (κ2) is 6.23. The molecule has 100 valence electrons. The molecule has 1 rings (SSSR count). The van der Waals surface area contributed by atoms with Gasteiger partial charge >= 0.3 is 6.18 Å². The van der Waals surface area contributed by atoms with Gasteiger partial charge in [0, 0.05) is 19.5 Å². The molecule has 0 aromatic rings. The lowest BCUT2D eigenvalue weighted by atomic mass is 9.96. The van der Waals surface area contributed by atoms with Crippen molar-refractivity contribution in [3.05, 3.63) is 0 Å². The molecule has 0 atom stereocenters. The molecule has 1 aliphatic rings. The number of alkyl halides is 3. The fraction of sp³-hybridized carbons (Fsp3) is 0.909. The maximum Gasteiger partial charge on any atom is 0.389 e. The fourth-order valence-electron chi connectivity index (χ4n) is 2.08. The van der Waals surface area contributed by atoms with Gasteiger partial charge in [-0.05, 0) is 32.4 Å². The van der Waals surface area contributed by atoms with Gasteiger partial charge in [0.2, 0.25) is 5.91 Å². The monoisotopic (exact) mass is 252 g/mol. The molecule has 0 aromatic heterocycles. The van der Waals surface area contributed by atoms with Gasteiger partial charge in [-0.2, -0.15) is 13.2 Å². The number of hydrogen-bond donors (Lipinski definition) is 1. The molecule has 1 amide bonds. The molecule has 0 spiro atoms. The Hall–Kier alpha value is -0.780. The van der Waals surface area contributed by atoms with E-state index in [1.807, 2.05) is 7.05 Å². The molecule has 1 aliphatic heterocycles. The van der Waals surface area contributed by atoms with E-state index in [0.717, 1.165) is 19.4 Å². The molecular formula is C11H19F3N2O. The zero-order valence-electron chi connectivity index (χ0n) is 10.0. The molecule has 0 bridgehead atoms. The zero-order chi connectivity index (χ0) is 12.9. The maximum atomic E-state index is 12.0. The Morgan fingerprint density at radius 3 is 2.41 bits per heavy atom. The third-order valence-electron chi connectivity index (χ3n) is 3.08. The summed E-state index contributed by atoms with van der Waals surface area (Å²) in [5.74, 6) is 0.164. The highest BCUT2D eigenvalue weighted by atomic mass is 19.4. The summed E-state index contributed by atoms with van der Waals surface area (Å²) in [5.41, 5.74) is 0. The Balaban J connectivity index is 2.26. The van der Waals surface area contributed by atoms with E-state index in [1.165, 1.54) is 0 Å². The van der Waals surface area contributed by atoms with Crippen LogP contribution in [0.1, 0.15) is 25.7 Å². The maximum absolute atomic E-state index is 12.0. The van der Waals surface area contributed by atoms with Gasteiger partial charge in [0.05, 0.1) is 6.42 Å². The number of rotatable bonds is 4. The van der Waals surface area contributed by atoms with Crippen LogP contribution in [-0.2, 0) is 4.79 Å². The van der Waals surface area contributed by atoms with Gasteiger partial charge in [0.25, 0.3) is 0 Å². The van der Waals surface area contributed by atoms with E-state index in [4.69, 9.17) is 0 Å². The quantitative estimate of drug-likeness (QED) is 0.827. The fourth-order valence-corrected chi connectivity index (χ4v) is 2.08. The van der Waals surface area contributed by atoms with Crippen LogP contribution >= 0.6 is 0 Å². The number of nitrogens with one attached hydrogen (secondary N) is 1. The summed E-state index contributed by atoms with van der Waals surface area (Å²) in [5, 5.41) is 3.07. The molecule has 0 aliphatic carbocycles. The Morgan fingerprint density at radius 1 is 1.35 bits per heavy atom. The number of carbonyl (C=O) groups excluding carboxylic acids is 1. The lowest BCUT2D eigenvalue weighted by Gasteiger charge is -2.32. The first-order valence-electron chi connectivity index (χ1n) is 5.91. The van der Waals surface area contributed by atoms with Gasteiger partial charge in [-0.25, -0.2) is 0 Å². The van der Waals surface area contributed by atoms with Crippen molar-refractivity contribution in [2.45, 2.75) is 31.9 Å². The van der Waals surface area contributed by atoms with Gasteiger partial charge in [0.15, 0.2) is 0 Å². The summed E-state index contributed by atoms with van der Waals surface area (Å²) in [6.45, 7) is 2.08. The van der Waals surface area contributed by atoms with Crippen molar-refractivity contribution in [3.8, 4) is 0 Å². The van der Waals surface area contributed by atoms with E-state index in [2.05, 4.69) is 5.32 Å². The standard InChI is InChI=1S/C11H19F3N2O/c1-15-8-9-3-6-16(7-4-9)10(17)2-5-11(12,13)14/h9,15H,2-8H2,1H3. The van der Waals surface area contributed by atoms with Gasteiger partial charge in [0.1, 0.15) is 0 Å². The number of hydrogen-bond acceptors (Lipinski definition) is 2. The van der Waals surface area contributed by atoms with Crippen LogP contribution in [-0.4, -0.2) is 43.7 Å². The molecule has 1 saturated heterocycles. The summed E-state index contributed by atoms with van der Waals surface area (Å²) < 4.78 is 35.9. The van der Waals surface area contributed by atoms with Crippen LogP contribution in [0.3, 0.4) is 0 Å². The highest BCUT2D eigenvalue weighted by Crippen LogP contribution is 2.23. The van der Waals surface area contributed by atoms with E-state index in [1.54, 1.807) is 4.90 Å². The number of nitrogens with zero attached hydrogens (tertiary/aromatic N) is 1. The number of halogens is 3. The molecule has 1 N–H and O–H groups in total. The van der Waals surface area contributed by atoms with Crippen molar-refractivity contribution in [3.63, 3.8) is 0 Å². The average molecular weight is 252 g/mol. The van der Waals surface area contributed by atoms with Crippen molar-refractivity contribution in [2.75, 3.05) is 26.7 Å². The predicted octanol–water partition coefficient (Wildman–Crippen LogP) is 1.79. The normalized spacial score (nSPS) is 18.5. The Bertz CT molecular complexity index is 248. The van der Waals surface area contributed by atoms with Crippen LogP contribution in [0.15, 0.2) is 0 Å². The number of amides is 1. The second-order valence-corrected chi connectivity index (χ2v) is 4.50. The van der Waals surface area contributed by atoms with Gasteiger partial charge in [-0.1, -0.05) is 0 Å². The van der Waals surface area contributed by atoms with E-state index < -0.39 is 19.0 Å². The summed E-state index contributed by atoms with van der Waals surface area (Å²) in [6.07, 6.45) is -3.92. The molecule has 0 unspecified atom stereocenters. The third kappa shape index (κ3) is 5.39. The summed E-state index contributed by atoms with van der Waals surface area (Å²) >= 11 is 0. The van der Waals surface area contributed by atoms with E-state index in [-0.39, 0.29) is 5.91 Å². The van der Waals surface area contributed by atoms with Crippen LogP contribution in [0.2, 0.25) is 0 Å². The summed E-state index contributed by atoms with van der Waals surface area (Å²) in [7, 11) is 1.88. The second-order valence-electron chi connectivity index (χ2n) is 4.50. The molecule has 1 heterocycles. The van der Waals surface area contributed by atoms with Crippen molar-refractivity contribution < 1.29 is 18.0 Å². The first-order valence-corrected chi connectivity index (χ1v) is 5.91. The van der Waals surface area contributed by atoms with E-state index >= 15 is 0 Å². The SMILES string of the molecule is CNCC1CCN(C(=O)CCC(F)(F)F)CC1. The molecular weight excluding hydrogens is 233 g/mol. The number of carbonyl (C=O) groups is 1. The number of likely N-dealkylation sites (tertiary alicyclic amines) is 1. The highest BCUT2D eigenvalue weighted by molar-refractivity contribution is 5.76. The van der Waals surface area contributed by atoms with E-state index in [9.17, 15) is 18.0 Å². The van der Waals surface area contributed by atoms with Gasteiger partial charge in [-0.3, -0.25) is 4.79 Å². The Labute approximate surface area is 99.4 Å². The molecule has 6 heteroatoms. The lowest BCUT2D eigenvalue weighted by molar-refractivity contribution is -0.149. The van der Waals surface area contributed by atoms with Gasteiger partial charge in [-0.15, -0.1) is 0 Å². The highest BCUT2D eigenvalue weighted by Gasteiger charge is 2.30. The topological polar surface area (TPSA) is 32.3 Å². The number of piperidine rings is 1. The minimum absolute atomic E-state index is 0.370. The van der Waals surface area contributed by atoms with Crippen molar-refractivity contribution >= 4 is 5.91 Å². The van der Waals surface area contributed by atoms with Gasteiger partial charge < -0.3 is 10.2 Å². The van der Waals surface area contributed by atoms with Crippen molar-refractivity contribution in [1.82, 2.24) is 10.2 Å². The smallest absolute Gasteiger partial charge is 0.343 e. The molecule has 17 heavy (non-hydrogen) atoms. The minimum Gasteiger partial charge on any atom is -0.343 e. The van der Waals surface area contributed by atoms with Crippen LogP contribution in [0.5, 0.6) is 0 Å². The Morgan fingerprint density at radius 2 is 1.94 bits per heavy atom. The third-order valence-corrected chi connectivity index (χ3v) is 3.08. The Kier molecular flexibility index (Phi) is 5.24. The summed E-state index contributed by atoms with van der Waals surface area (Å²) in [4.78, 5) is 13.1. The molecule has 0 aromatic carbocycles. The van der Waals surface area contributed by atoms with Crippen LogP contribution in [0, 0.1) is 5.92 Å². The molecule has 1 fully saturated rings. The first kappa shape index (κ1) is 14.3. The first-order chi connectivity index (χ1) is 7.92. The molecule has 0 radical (unpaired) electrons. The van der Waals surface area contributed by atoms with Crippen LogP contribution < -0.4 is 5.32 Å². The van der Waals surface area contributed by atoms with Crippen LogP contribution in [0.4, 0.5) is 13.2 Å². The predicted molar refractivity (Wildman–Crippen MR) is 58.5 cm³/mol. The minimum atomic E-state index is -4.24. The average Bonchev–Trinajstić information content (AvgIpc) is 2.26. The zero-order valence-corrected chi connectivity index (χ0v) is 10.0. The summed E-state index contributed by atoms with van der Waals surface area (Å²) in [6, 6.07) is 0. The largest absolute Gasteiger partial charge is 0.389 e. The molecule has 0 saturated carbocycles. The molecule has 3 nitrogen and oxygen atoms in total. The van der Waals surface area contributed by atoms with Crippen LogP contribution in [0.25, 0.3) is 0 Å². The van der Waals surface area contributed by atoms with E-state index in [0.29, 0.717) is 19.0 Å². The van der Waals surface area contributed by atoms with Crippen molar-refractivity contribution in [1.29, 1.82) is 0 Å². The van der Waals surface area contributed by atoms with Crippen molar-refractivity contribution in [2.24, 2.45) is 5.92 Å². The lowest BCUT2D eigenvalue weighted by Crippen LogP contribution is -2.40.